The molecule has 30 heavy (non-hydrogen) atoms. The molecule has 1 aliphatic rings. The Labute approximate surface area is 179 Å². The summed E-state index contributed by atoms with van der Waals surface area (Å²) in [6, 6.07) is 15.9. The summed E-state index contributed by atoms with van der Waals surface area (Å²) in [5.74, 6) is -0.243. The average molecular weight is 419 g/mol. The summed E-state index contributed by atoms with van der Waals surface area (Å²) in [6.45, 7) is 0.403. The van der Waals surface area contributed by atoms with Gasteiger partial charge in [0.2, 0.25) is 0 Å². The minimum atomic E-state index is -0.427. The van der Waals surface area contributed by atoms with Crippen molar-refractivity contribution in [3.8, 4) is 6.07 Å². The molecule has 0 aromatic heterocycles. The van der Waals surface area contributed by atoms with Gasteiger partial charge in [0, 0.05) is 34.1 Å². The highest BCUT2D eigenvalue weighted by Gasteiger charge is 2.21. The zero-order chi connectivity index (χ0) is 21.3. The molecule has 2 aromatic rings. The molecule has 150 valence electrons. The summed E-state index contributed by atoms with van der Waals surface area (Å²) in [6.07, 6.45) is 5.87. The number of anilines is 1. The summed E-state index contributed by atoms with van der Waals surface area (Å²) < 4.78 is 0. The number of hydrogen-bond donors (Lipinski definition) is 4. The Balaban J connectivity index is 1.81. The predicted octanol–water partition coefficient (Wildman–Crippen LogP) is 3.80. The molecule has 0 saturated heterocycles. The van der Waals surface area contributed by atoms with E-state index in [1.807, 2.05) is 12.1 Å². The van der Waals surface area contributed by atoms with Crippen molar-refractivity contribution in [2.24, 2.45) is 4.99 Å². The van der Waals surface area contributed by atoms with Crippen LogP contribution in [0.15, 0.2) is 76.9 Å². The monoisotopic (exact) mass is 418 g/mol. The van der Waals surface area contributed by atoms with Crippen molar-refractivity contribution in [2.75, 3.05) is 11.9 Å². The lowest BCUT2D eigenvalue weighted by Gasteiger charge is -2.25. The van der Waals surface area contributed by atoms with E-state index in [2.05, 4.69) is 27.0 Å². The Morgan fingerprint density at radius 1 is 1.20 bits per heavy atom. The van der Waals surface area contributed by atoms with Gasteiger partial charge in [0.05, 0.1) is 18.4 Å². The zero-order valence-corrected chi connectivity index (χ0v) is 16.6. The fourth-order valence-corrected chi connectivity index (χ4v) is 2.98. The maximum absolute atomic E-state index is 12.9. The number of hydrogen-bond acceptors (Lipinski definition) is 4. The summed E-state index contributed by atoms with van der Waals surface area (Å²) in [5.41, 5.74) is 3.51. The molecule has 7 nitrogen and oxygen atoms in total. The van der Waals surface area contributed by atoms with Gasteiger partial charge < -0.3 is 16.0 Å². The van der Waals surface area contributed by atoms with E-state index in [9.17, 15) is 4.79 Å². The van der Waals surface area contributed by atoms with Gasteiger partial charge in [-0.1, -0.05) is 23.7 Å². The van der Waals surface area contributed by atoms with E-state index in [0.29, 0.717) is 22.7 Å². The minimum Gasteiger partial charge on any atom is -0.382 e. The van der Waals surface area contributed by atoms with Crippen LogP contribution in [0, 0.1) is 16.7 Å². The molecule has 0 fully saturated rings. The second-order valence-corrected chi connectivity index (χ2v) is 6.80. The smallest absolute Gasteiger partial charge is 0.252 e. The molecule has 4 N–H and O–H groups in total. The number of benzene rings is 2. The molecule has 0 spiro atoms. The topological polar surface area (TPSA) is 113 Å². The van der Waals surface area contributed by atoms with Gasteiger partial charge in [-0.25, -0.2) is 4.99 Å². The first-order valence-corrected chi connectivity index (χ1v) is 9.46. The average Bonchev–Trinajstić information content (AvgIpc) is 2.79. The Kier molecular flexibility index (Phi) is 6.98. The maximum atomic E-state index is 12.9. The number of carbonyl (C=O) groups excluding carboxylic acids is 1. The van der Waals surface area contributed by atoms with Crippen LogP contribution in [0.3, 0.4) is 0 Å². The first kappa shape index (κ1) is 20.8. The van der Waals surface area contributed by atoms with Crippen LogP contribution < -0.4 is 16.0 Å². The number of halogens is 1. The third-order valence-corrected chi connectivity index (χ3v) is 4.66. The second kappa shape index (κ2) is 10.0. The van der Waals surface area contributed by atoms with E-state index in [1.165, 1.54) is 6.34 Å². The summed E-state index contributed by atoms with van der Waals surface area (Å²) in [4.78, 5) is 16.5. The van der Waals surface area contributed by atoms with E-state index in [-0.39, 0.29) is 5.91 Å². The fourth-order valence-electron chi connectivity index (χ4n) is 2.86. The van der Waals surface area contributed by atoms with Gasteiger partial charge in [0.1, 0.15) is 6.34 Å². The molecule has 8 heteroatoms. The SMILES string of the molecule is N#CC1=CC=C(C(NC(=O)c2ccc(N/C=N\C=N)cc2)c2ccc(Cl)cc2)NC1. The van der Waals surface area contributed by atoms with Crippen LogP contribution in [0.4, 0.5) is 5.69 Å². The number of rotatable bonds is 7. The van der Waals surface area contributed by atoms with Gasteiger partial charge in [0.15, 0.2) is 0 Å². The normalized spacial score (nSPS) is 14.0. The zero-order valence-electron chi connectivity index (χ0n) is 15.9. The van der Waals surface area contributed by atoms with Gasteiger partial charge in [-0.3, -0.25) is 10.2 Å². The van der Waals surface area contributed by atoms with Crippen LogP contribution in [0.25, 0.3) is 0 Å². The highest BCUT2D eigenvalue weighted by atomic mass is 35.5. The lowest BCUT2D eigenvalue weighted by Crippen LogP contribution is -2.35. The molecule has 1 amide bonds. The number of amides is 1. The van der Waals surface area contributed by atoms with Crippen LogP contribution in [-0.4, -0.2) is 25.1 Å². The third-order valence-electron chi connectivity index (χ3n) is 4.41. The quantitative estimate of drug-likeness (QED) is 0.404. The largest absolute Gasteiger partial charge is 0.382 e. The fraction of sp³-hybridized carbons (Fsp3) is 0.0909. The number of allylic oxidation sites excluding steroid dienone is 2. The Bertz CT molecular complexity index is 1050. The van der Waals surface area contributed by atoms with Crippen LogP contribution >= 0.6 is 11.6 Å². The highest BCUT2D eigenvalue weighted by molar-refractivity contribution is 6.30. The molecular formula is C22H19ClN6O. The number of dihydropyridines is 1. The molecule has 0 aliphatic carbocycles. The molecule has 1 aliphatic heterocycles. The molecule has 0 bridgehead atoms. The lowest BCUT2D eigenvalue weighted by atomic mass is 10.00. The van der Waals surface area contributed by atoms with E-state index in [4.69, 9.17) is 22.3 Å². The van der Waals surface area contributed by atoms with Crippen molar-refractivity contribution in [3.63, 3.8) is 0 Å². The second-order valence-electron chi connectivity index (χ2n) is 6.37. The molecule has 0 radical (unpaired) electrons. The van der Waals surface area contributed by atoms with E-state index in [0.717, 1.165) is 23.3 Å². The van der Waals surface area contributed by atoms with Crippen LogP contribution in [0.1, 0.15) is 22.0 Å². The van der Waals surface area contributed by atoms with Gasteiger partial charge in [-0.05, 0) is 54.1 Å². The summed E-state index contributed by atoms with van der Waals surface area (Å²) >= 11 is 6.01. The number of nitriles is 1. The standard InChI is InChI=1S/C22H19ClN6O/c23-18-6-2-16(3-7-18)21(20-10-1-15(11-24)12-27-20)29-22(30)17-4-8-19(9-5-17)28-14-26-13-25/h1-10,13-14,21,27H,12H2,(H,29,30)(H2,25,26,28). The first-order valence-electron chi connectivity index (χ1n) is 9.09. The number of aliphatic imine (C=N–C) groups is 1. The van der Waals surface area contributed by atoms with Crippen LogP contribution in [0.2, 0.25) is 5.02 Å². The molecule has 1 unspecified atom stereocenters. The highest BCUT2D eigenvalue weighted by Crippen LogP contribution is 2.24. The van der Waals surface area contributed by atoms with Crippen molar-refractivity contribution < 1.29 is 4.79 Å². The molecule has 0 saturated carbocycles. The van der Waals surface area contributed by atoms with Crippen molar-refractivity contribution >= 4 is 35.9 Å². The van der Waals surface area contributed by atoms with Gasteiger partial charge in [0.25, 0.3) is 5.91 Å². The maximum Gasteiger partial charge on any atom is 0.252 e. The minimum absolute atomic E-state index is 0.243. The summed E-state index contributed by atoms with van der Waals surface area (Å²) in [7, 11) is 0. The predicted molar refractivity (Wildman–Crippen MR) is 119 cm³/mol. The lowest BCUT2D eigenvalue weighted by molar-refractivity contribution is 0.0941. The van der Waals surface area contributed by atoms with E-state index in [1.54, 1.807) is 48.6 Å². The molecule has 2 aromatic carbocycles. The third kappa shape index (κ3) is 5.34. The Morgan fingerprint density at radius 3 is 2.53 bits per heavy atom. The Morgan fingerprint density at radius 2 is 1.93 bits per heavy atom. The van der Waals surface area contributed by atoms with E-state index < -0.39 is 6.04 Å². The molecule has 1 atom stereocenters. The number of nitrogens with one attached hydrogen (secondary N) is 4. The van der Waals surface area contributed by atoms with Crippen molar-refractivity contribution in [3.05, 3.63) is 88.1 Å². The van der Waals surface area contributed by atoms with Crippen LogP contribution in [-0.2, 0) is 0 Å². The molecule has 1 heterocycles. The van der Waals surface area contributed by atoms with Gasteiger partial charge in [-0.15, -0.1) is 0 Å². The van der Waals surface area contributed by atoms with Crippen molar-refractivity contribution in [1.29, 1.82) is 10.7 Å². The molecular weight excluding hydrogens is 400 g/mol. The van der Waals surface area contributed by atoms with E-state index >= 15 is 0 Å². The summed E-state index contributed by atoms with van der Waals surface area (Å²) in [5, 5.41) is 25.7. The Hall–Kier alpha value is -3.89. The van der Waals surface area contributed by atoms with Gasteiger partial charge >= 0.3 is 0 Å². The number of nitrogens with zero attached hydrogens (tertiary/aromatic N) is 2. The number of carbonyl (C=O) groups is 1. The van der Waals surface area contributed by atoms with Crippen LogP contribution in [0.5, 0.6) is 0 Å². The first-order chi connectivity index (χ1) is 14.6. The van der Waals surface area contributed by atoms with Gasteiger partial charge in [-0.2, -0.15) is 5.26 Å². The van der Waals surface area contributed by atoms with Crippen molar-refractivity contribution in [2.45, 2.75) is 6.04 Å². The molecule has 3 rings (SSSR count). The van der Waals surface area contributed by atoms with Crippen molar-refractivity contribution in [1.82, 2.24) is 10.6 Å².